The fourth-order valence-electron chi connectivity index (χ4n) is 2.19. The fraction of sp³-hybridized carbons (Fsp3) is 0.125. The van der Waals surface area contributed by atoms with Gasteiger partial charge in [0, 0.05) is 31.0 Å². The molecule has 7 heteroatoms. The molecule has 3 rings (SSSR count). The van der Waals surface area contributed by atoms with E-state index in [0.29, 0.717) is 38.8 Å². The molecule has 0 aliphatic rings. The Balaban J connectivity index is 1.97. The van der Waals surface area contributed by atoms with Gasteiger partial charge in [-0.1, -0.05) is 11.6 Å². The van der Waals surface area contributed by atoms with Crippen LogP contribution in [-0.4, -0.2) is 22.2 Å². The number of fused-ring (bicyclic) bond motifs is 1. The van der Waals surface area contributed by atoms with Crippen LogP contribution in [0, 0.1) is 11.3 Å². The second-order valence-corrected chi connectivity index (χ2v) is 5.14. The van der Waals surface area contributed by atoms with E-state index >= 15 is 0 Å². The summed E-state index contributed by atoms with van der Waals surface area (Å²) in [4.78, 5) is 7.26. The molecule has 2 aromatic heterocycles. The van der Waals surface area contributed by atoms with Gasteiger partial charge < -0.3 is 19.6 Å². The number of rotatable bonds is 4. The zero-order valence-corrected chi connectivity index (χ0v) is 12.8. The summed E-state index contributed by atoms with van der Waals surface area (Å²) in [6, 6.07) is 10.2. The predicted octanol–water partition coefficient (Wildman–Crippen LogP) is 3.52. The van der Waals surface area contributed by atoms with Gasteiger partial charge in [-0.25, -0.2) is 0 Å². The third-order valence-corrected chi connectivity index (χ3v) is 3.63. The van der Waals surface area contributed by atoms with E-state index in [1.807, 2.05) is 6.07 Å². The summed E-state index contributed by atoms with van der Waals surface area (Å²) in [6.45, 7) is 0. The number of nitrogens with zero attached hydrogens (tertiary/aromatic N) is 2. The lowest BCUT2D eigenvalue weighted by Gasteiger charge is -2.09. The number of aliphatic hydroxyl groups is 1. The number of benzene rings is 1. The monoisotopic (exact) mass is 329 g/mol. The SMILES string of the molecule is COC(O)c1ccnc2cc(Oc3ccc(Cl)c(C#N)c3)[nH]c12. The standard InChI is InChI=1S/C16H12ClN3O3/c1-22-16(21)11-4-5-19-13-7-14(20-15(11)13)23-10-2-3-12(17)9(6-10)8-18/h2-7,16,20-21H,1H3. The number of nitrogens with one attached hydrogen (secondary N) is 1. The number of aromatic amines is 1. The van der Waals surface area contributed by atoms with Crippen LogP contribution in [0.15, 0.2) is 36.5 Å². The number of methoxy groups -OCH3 is 1. The van der Waals surface area contributed by atoms with Crippen molar-refractivity contribution in [1.29, 1.82) is 5.26 Å². The minimum atomic E-state index is -1.06. The minimum absolute atomic E-state index is 0.328. The zero-order chi connectivity index (χ0) is 16.4. The van der Waals surface area contributed by atoms with Crippen molar-refractivity contribution in [3.05, 3.63) is 52.7 Å². The highest BCUT2D eigenvalue weighted by atomic mass is 35.5. The van der Waals surface area contributed by atoms with E-state index in [1.165, 1.54) is 7.11 Å². The maximum atomic E-state index is 9.86. The van der Waals surface area contributed by atoms with Gasteiger partial charge >= 0.3 is 0 Å². The lowest BCUT2D eigenvalue weighted by molar-refractivity contribution is -0.0760. The molecule has 1 aromatic carbocycles. The van der Waals surface area contributed by atoms with Crippen molar-refractivity contribution in [2.45, 2.75) is 6.29 Å². The fourth-order valence-corrected chi connectivity index (χ4v) is 2.35. The third kappa shape index (κ3) is 2.98. The van der Waals surface area contributed by atoms with E-state index in [9.17, 15) is 5.11 Å². The molecule has 0 saturated carbocycles. The minimum Gasteiger partial charge on any atom is -0.441 e. The first-order valence-electron chi connectivity index (χ1n) is 6.68. The maximum Gasteiger partial charge on any atom is 0.200 e. The number of hydrogen-bond donors (Lipinski definition) is 2. The molecule has 3 aromatic rings. The number of ether oxygens (including phenoxy) is 2. The Hall–Kier alpha value is -2.59. The van der Waals surface area contributed by atoms with Gasteiger partial charge in [0.1, 0.15) is 11.8 Å². The Kier molecular flexibility index (Phi) is 4.17. The number of aliphatic hydroxyl groups excluding tert-OH is 1. The molecule has 23 heavy (non-hydrogen) atoms. The van der Waals surface area contributed by atoms with Crippen molar-refractivity contribution in [2.75, 3.05) is 7.11 Å². The number of halogens is 1. The van der Waals surface area contributed by atoms with Crippen molar-refractivity contribution in [1.82, 2.24) is 9.97 Å². The van der Waals surface area contributed by atoms with Gasteiger partial charge in [-0.05, 0) is 18.2 Å². The molecule has 0 spiro atoms. The lowest BCUT2D eigenvalue weighted by Crippen LogP contribution is -2.00. The van der Waals surface area contributed by atoms with Crippen molar-refractivity contribution >= 4 is 22.6 Å². The van der Waals surface area contributed by atoms with Crippen molar-refractivity contribution in [3.8, 4) is 17.7 Å². The summed E-state index contributed by atoms with van der Waals surface area (Å²) in [7, 11) is 1.41. The molecule has 0 aliphatic heterocycles. The molecule has 0 bridgehead atoms. The van der Waals surface area contributed by atoms with Gasteiger partial charge in [0.05, 0.1) is 21.6 Å². The molecule has 0 fully saturated rings. The first kappa shape index (κ1) is 15.3. The zero-order valence-electron chi connectivity index (χ0n) is 12.1. The Labute approximate surface area is 136 Å². The Morgan fingerprint density at radius 1 is 1.35 bits per heavy atom. The summed E-state index contributed by atoms with van der Waals surface area (Å²) >= 11 is 5.90. The quantitative estimate of drug-likeness (QED) is 0.715. The first-order chi connectivity index (χ1) is 11.1. The summed E-state index contributed by atoms with van der Waals surface area (Å²) in [6.07, 6.45) is 0.515. The molecule has 1 atom stereocenters. The number of nitriles is 1. The average molecular weight is 330 g/mol. The molecular weight excluding hydrogens is 318 g/mol. The Morgan fingerprint density at radius 2 is 2.17 bits per heavy atom. The van der Waals surface area contributed by atoms with Crippen LogP contribution < -0.4 is 4.74 Å². The lowest BCUT2D eigenvalue weighted by atomic mass is 10.2. The molecule has 116 valence electrons. The predicted molar refractivity (Wildman–Crippen MR) is 84.3 cm³/mol. The number of aromatic nitrogens is 2. The van der Waals surface area contributed by atoms with E-state index in [-0.39, 0.29) is 0 Å². The van der Waals surface area contributed by atoms with E-state index in [4.69, 9.17) is 26.3 Å². The maximum absolute atomic E-state index is 9.86. The van der Waals surface area contributed by atoms with Crippen LogP contribution in [0.1, 0.15) is 17.4 Å². The van der Waals surface area contributed by atoms with E-state index in [1.54, 1.807) is 36.5 Å². The molecule has 0 amide bonds. The highest BCUT2D eigenvalue weighted by Gasteiger charge is 2.14. The van der Waals surface area contributed by atoms with Crippen LogP contribution in [0.4, 0.5) is 0 Å². The second-order valence-electron chi connectivity index (χ2n) is 4.74. The molecular formula is C16H12ClN3O3. The summed E-state index contributed by atoms with van der Waals surface area (Å²) in [5.74, 6) is 0.890. The molecule has 6 nitrogen and oxygen atoms in total. The first-order valence-corrected chi connectivity index (χ1v) is 7.06. The van der Waals surface area contributed by atoms with Gasteiger partial charge in [0.25, 0.3) is 0 Å². The third-order valence-electron chi connectivity index (χ3n) is 3.30. The van der Waals surface area contributed by atoms with E-state index in [0.717, 1.165) is 0 Å². The van der Waals surface area contributed by atoms with Gasteiger partial charge in [-0.2, -0.15) is 5.26 Å². The summed E-state index contributed by atoms with van der Waals surface area (Å²) in [5, 5.41) is 19.2. The van der Waals surface area contributed by atoms with E-state index in [2.05, 4.69) is 9.97 Å². The number of pyridine rings is 1. The van der Waals surface area contributed by atoms with Crippen molar-refractivity contribution in [2.24, 2.45) is 0 Å². The average Bonchev–Trinajstić information content (AvgIpc) is 2.98. The number of H-pyrrole nitrogens is 1. The van der Waals surface area contributed by atoms with Crippen LogP contribution in [0.25, 0.3) is 11.0 Å². The largest absolute Gasteiger partial charge is 0.441 e. The Bertz CT molecular complexity index is 901. The van der Waals surface area contributed by atoms with Gasteiger partial charge in [0.2, 0.25) is 0 Å². The van der Waals surface area contributed by atoms with Crippen LogP contribution in [0.5, 0.6) is 11.6 Å². The van der Waals surface area contributed by atoms with Crippen LogP contribution >= 0.6 is 11.6 Å². The summed E-state index contributed by atoms with van der Waals surface area (Å²) < 4.78 is 10.6. The van der Waals surface area contributed by atoms with Crippen LogP contribution in [0.3, 0.4) is 0 Å². The Morgan fingerprint density at radius 3 is 2.91 bits per heavy atom. The van der Waals surface area contributed by atoms with Gasteiger partial charge in [0.15, 0.2) is 12.2 Å². The van der Waals surface area contributed by atoms with E-state index < -0.39 is 6.29 Å². The molecule has 0 radical (unpaired) electrons. The van der Waals surface area contributed by atoms with Crippen molar-refractivity contribution in [3.63, 3.8) is 0 Å². The van der Waals surface area contributed by atoms with Gasteiger partial charge in [-0.3, -0.25) is 4.98 Å². The smallest absolute Gasteiger partial charge is 0.200 e. The summed E-state index contributed by atoms with van der Waals surface area (Å²) in [5.41, 5.74) is 2.13. The molecule has 1 unspecified atom stereocenters. The highest BCUT2D eigenvalue weighted by molar-refractivity contribution is 6.31. The topological polar surface area (TPSA) is 91.2 Å². The van der Waals surface area contributed by atoms with Crippen LogP contribution in [-0.2, 0) is 4.74 Å². The normalized spacial score (nSPS) is 12.1. The molecule has 0 aliphatic carbocycles. The molecule has 2 N–H and O–H groups in total. The van der Waals surface area contributed by atoms with Crippen molar-refractivity contribution < 1.29 is 14.6 Å². The highest BCUT2D eigenvalue weighted by Crippen LogP contribution is 2.30. The number of hydrogen-bond acceptors (Lipinski definition) is 5. The van der Waals surface area contributed by atoms with Gasteiger partial charge in [-0.15, -0.1) is 0 Å². The second kappa shape index (κ2) is 6.26. The molecule has 0 saturated heterocycles. The molecule has 2 heterocycles. The van der Waals surface area contributed by atoms with Crippen LogP contribution in [0.2, 0.25) is 5.02 Å².